The van der Waals surface area contributed by atoms with Crippen LogP contribution in [0.5, 0.6) is 0 Å². The molecule has 0 aliphatic carbocycles. The Balaban J connectivity index is 1.66. The van der Waals surface area contributed by atoms with E-state index >= 15 is 0 Å². The molecule has 2 aromatic carbocycles. The third-order valence-corrected chi connectivity index (χ3v) is 5.52. The number of thioether (sulfide) groups is 1. The second-order valence-electron chi connectivity index (χ2n) is 6.88. The van der Waals surface area contributed by atoms with Crippen LogP contribution in [-0.2, 0) is 4.79 Å². The maximum Gasteiger partial charge on any atom is 0.230 e. The predicted molar refractivity (Wildman–Crippen MR) is 114 cm³/mol. The molecule has 1 amide bonds. The second kappa shape index (κ2) is 9.55. The SMILES string of the molecule is CCC[C@@H](NC(=O)CSc1nncn1-c1ccc(C)cc1C)c1ccccc1. The minimum atomic E-state index is 0.00230. The third kappa shape index (κ3) is 5.01. The third-order valence-electron chi connectivity index (χ3n) is 4.58. The van der Waals surface area contributed by atoms with Crippen molar-refractivity contribution in [2.75, 3.05) is 5.75 Å². The van der Waals surface area contributed by atoms with E-state index in [1.54, 1.807) is 6.33 Å². The Kier molecular flexibility index (Phi) is 6.87. The van der Waals surface area contributed by atoms with Gasteiger partial charge in [-0.1, -0.05) is 73.1 Å². The molecule has 5 nitrogen and oxygen atoms in total. The van der Waals surface area contributed by atoms with E-state index < -0.39 is 0 Å². The number of hydrogen-bond acceptors (Lipinski definition) is 4. The molecule has 3 rings (SSSR count). The highest BCUT2D eigenvalue weighted by molar-refractivity contribution is 7.99. The van der Waals surface area contributed by atoms with E-state index in [2.05, 4.69) is 66.6 Å². The van der Waals surface area contributed by atoms with Crippen LogP contribution in [0.2, 0.25) is 0 Å². The highest BCUT2D eigenvalue weighted by atomic mass is 32.2. The second-order valence-corrected chi connectivity index (χ2v) is 7.82. The van der Waals surface area contributed by atoms with E-state index in [4.69, 9.17) is 0 Å². The molecule has 146 valence electrons. The summed E-state index contributed by atoms with van der Waals surface area (Å²) in [7, 11) is 0. The van der Waals surface area contributed by atoms with E-state index in [0.29, 0.717) is 10.9 Å². The van der Waals surface area contributed by atoms with Gasteiger partial charge in [0.1, 0.15) is 6.33 Å². The number of rotatable bonds is 8. The summed E-state index contributed by atoms with van der Waals surface area (Å²) in [5.41, 5.74) is 4.54. The van der Waals surface area contributed by atoms with E-state index in [1.165, 1.54) is 17.3 Å². The average molecular weight is 395 g/mol. The Hall–Kier alpha value is -2.60. The zero-order valence-electron chi connectivity index (χ0n) is 16.6. The number of benzene rings is 2. The van der Waals surface area contributed by atoms with Gasteiger partial charge in [-0.15, -0.1) is 10.2 Å². The minimum absolute atomic E-state index is 0.00230. The topological polar surface area (TPSA) is 59.8 Å². The summed E-state index contributed by atoms with van der Waals surface area (Å²) in [5.74, 6) is 0.305. The molecule has 1 heterocycles. The number of carbonyl (C=O) groups is 1. The van der Waals surface area contributed by atoms with Crippen molar-refractivity contribution < 1.29 is 4.79 Å². The zero-order chi connectivity index (χ0) is 19.9. The molecule has 0 fully saturated rings. The number of carbonyl (C=O) groups excluding carboxylic acids is 1. The van der Waals surface area contributed by atoms with Gasteiger partial charge in [0, 0.05) is 0 Å². The summed E-state index contributed by atoms with van der Waals surface area (Å²) in [6, 6.07) is 16.4. The molecule has 0 unspecified atom stereocenters. The molecule has 28 heavy (non-hydrogen) atoms. The standard InChI is InChI=1S/C22H26N4OS/c1-4-8-19(18-9-6-5-7-10-18)24-21(27)14-28-22-25-23-15-26(22)20-12-11-16(2)13-17(20)3/h5-7,9-13,15,19H,4,8,14H2,1-3H3,(H,24,27)/t19-/m1/s1. The molecule has 0 radical (unpaired) electrons. The number of hydrogen-bond donors (Lipinski definition) is 1. The number of aromatic nitrogens is 3. The van der Waals surface area contributed by atoms with Gasteiger partial charge in [-0.25, -0.2) is 0 Å². The van der Waals surface area contributed by atoms with Crippen LogP contribution in [0.3, 0.4) is 0 Å². The summed E-state index contributed by atoms with van der Waals surface area (Å²) >= 11 is 1.40. The van der Waals surface area contributed by atoms with Crippen LogP contribution < -0.4 is 5.32 Å². The Morgan fingerprint density at radius 1 is 1.18 bits per heavy atom. The van der Waals surface area contributed by atoms with Crippen LogP contribution in [0.1, 0.15) is 42.5 Å². The van der Waals surface area contributed by atoms with Gasteiger partial charge in [0.05, 0.1) is 17.5 Å². The number of nitrogens with zero attached hydrogens (tertiary/aromatic N) is 3. The first-order valence-corrected chi connectivity index (χ1v) is 10.5. The van der Waals surface area contributed by atoms with Gasteiger partial charge in [-0.2, -0.15) is 0 Å². The summed E-state index contributed by atoms with van der Waals surface area (Å²) in [5, 5.41) is 12.1. The Labute approximate surface area is 170 Å². The fourth-order valence-corrected chi connectivity index (χ4v) is 3.96. The van der Waals surface area contributed by atoms with Gasteiger partial charge < -0.3 is 5.32 Å². The molecule has 0 aliphatic rings. The van der Waals surface area contributed by atoms with Crippen molar-refractivity contribution in [1.82, 2.24) is 20.1 Å². The first-order valence-electron chi connectivity index (χ1n) is 9.53. The summed E-state index contributed by atoms with van der Waals surface area (Å²) in [4.78, 5) is 12.6. The summed E-state index contributed by atoms with van der Waals surface area (Å²) in [6.07, 6.45) is 3.62. The largest absolute Gasteiger partial charge is 0.349 e. The van der Waals surface area contributed by atoms with E-state index in [0.717, 1.165) is 29.7 Å². The molecule has 1 aromatic heterocycles. The fourth-order valence-electron chi connectivity index (χ4n) is 3.23. The molecule has 6 heteroatoms. The molecule has 0 spiro atoms. The number of nitrogens with one attached hydrogen (secondary N) is 1. The fraction of sp³-hybridized carbons (Fsp3) is 0.318. The monoisotopic (exact) mass is 394 g/mol. The smallest absolute Gasteiger partial charge is 0.230 e. The van der Waals surface area contributed by atoms with E-state index in [-0.39, 0.29) is 11.9 Å². The van der Waals surface area contributed by atoms with Crippen LogP contribution in [0.15, 0.2) is 60.0 Å². The minimum Gasteiger partial charge on any atom is -0.349 e. The maximum atomic E-state index is 12.6. The lowest BCUT2D eigenvalue weighted by Crippen LogP contribution is -2.30. The van der Waals surface area contributed by atoms with Crippen LogP contribution >= 0.6 is 11.8 Å². The van der Waals surface area contributed by atoms with E-state index in [9.17, 15) is 4.79 Å². The highest BCUT2D eigenvalue weighted by Gasteiger charge is 2.16. The van der Waals surface area contributed by atoms with Crippen molar-refractivity contribution in [2.24, 2.45) is 0 Å². The molecule has 0 saturated carbocycles. The lowest BCUT2D eigenvalue weighted by molar-refractivity contribution is -0.119. The van der Waals surface area contributed by atoms with Crippen LogP contribution in [0, 0.1) is 13.8 Å². The van der Waals surface area contributed by atoms with Crippen molar-refractivity contribution >= 4 is 17.7 Å². The van der Waals surface area contributed by atoms with Gasteiger partial charge in [0.2, 0.25) is 5.91 Å². The van der Waals surface area contributed by atoms with Crippen LogP contribution in [-0.4, -0.2) is 26.4 Å². The quantitative estimate of drug-likeness (QED) is 0.566. The lowest BCUT2D eigenvalue weighted by Gasteiger charge is -2.18. The zero-order valence-corrected chi connectivity index (χ0v) is 17.4. The van der Waals surface area contributed by atoms with Crippen molar-refractivity contribution in [3.8, 4) is 5.69 Å². The van der Waals surface area contributed by atoms with Crippen molar-refractivity contribution in [1.29, 1.82) is 0 Å². The number of amides is 1. The molecule has 0 aliphatic heterocycles. The number of aryl methyl sites for hydroxylation is 2. The van der Waals surface area contributed by atoms with Gasteiger partial charge in [-0.3, -0.25) is 9.36 Å². The summed E-state index contributed by atoms with van der Waals surface area (Å²) < 4.78 is 1.94. The normalized spacial score (nSPS) is 12.0. The molecule has 1 atom stereocenters. The molecule has 0 bridgehead atoms. The Morgan fingerprint density at radius 3 is 2.68 bits per heavy atom. The van der Waals surface area contributed by atoms with E-state index in [1.807, 2.05) is 22.8 Å². The average Bonchev–Trinajstić information content (AvgIpc) is 3.15. The van der Waals surface area contributed by atoms with Crippen LogP contribution in [0.25, 0.3) is 5.69 Å². The first kappa shape index (κ1) is 20.1. The predicted octanol–water partition coefficient (Wildman–Crippen LogP) is 4.63. The first-order chi connectivity index (χ1) is 13.6. The van der Waals surface area contributed by atoms with Crippen LogP contribution in [0.4, 0.5) is 0 Å². The van der Waals surface area contributed by atoms with Crippen molar-refractivity contribution in [2.45, 2.75) is 44.8 Å². The van der Waals surface area contributed by atoms with Gasteiger partial charge in [-0.05, 0) is 37.5 Å². The van der Waals surface area contributed by atoms with Crippen molar-refractivity contribution in [3.05, 3.63) is 71.5 Å². The van der Waals surface area contributed by atoms with Crippen molar-refractivity contribution in [3.63, 3.8) is 0 Å². The summed E-state index contributed by atoms with van der Waals surface area (Å²) in [6.45, 7) is 6.27. The molecule has 3 aromatic rings. The molecule has 0 saturated heterocycles. The lowest BCUT2D eigenvalue weighted by atomic mass is 10.0. The van der Waals surface area contributed by atoms with Gasteiger partial charge >= 0.3 is 0 Å². The molecular weight excluding hydrogens is 368 g/mol. The van der Waals surface area contributed by atoms with Gasteiger partial charge in [0.15, 0.2) is 5.16 Å². The molecular formula is C22H26N4OS. The highest BCUT2D eigenvalue weighted by Crippen LogP contribution is 2.23. The Morgan fingerprint density at radius 2 is 1.96 bits per heavy atom. The Bertz CT molecular complexity index is 923. The maximum absolute atomic E-state index is 12.6. The molecule has 1 N–H and O–H groups in total. The van der Waals surface area contributed by atoms with Gasteiger partial charge in [0.25, 0.3) is 0 Å².